The number of aliphatic hydroxyl groups excluding tert-OH is 5. The summed E-state index contributed by atoms with van der Waals surface area (Å²) in [5.74, 6) is -0.184. The number of aliphatic hydroxyl groups is 5. The second-order valence-corrected chi connectivity index (χ2v) is 24.3. The van der Waals surface area contributed by atoms with Gasteiger partial charge in [-0.25, -0.2) is 0 Å². The number of amides is 1. The van der Waals surface area contributed by atoms with Gasteiger partial charge in [-0.15, -0.1) is 0 Å². The van der Waals surface area contributed by atoms with E-state index in [1.54, 1.807) is 6.08 Å². The van der Waals surface area contributed by atoms with Crippen molar-refractivity contribution in [1.82, 2.24) is 5.32 Å². The second kappa shape index (κ2) is 63.1. The van der Waals surface area contributed by atoms with Gasteiger partial charge in [0.15, 0.2) is 6.29 Å². The van der Waals surface area contributed by atoms with Gasteiger partial charge in [0.25, 0.3) is 0 Å². The molecule has 0 aromatic rings. The summed E-state index contributed by atoms with van der Waals surface area (Å²) in [6.45, 7) is 3.68. The third-order valence-electron chi connectivity index (χ3n) is 16.4. The molecule has 7 unspecified atom stereocenters. The Bertz CT molecular complexity index is 1650. The standard InChI is InChI=1S/C75H133NO8/c1-3-5-7-9-11-13-15-17-19-21-23-25-27-28-29-30-31-32-33-34-35-36-37-38-39-40-41-42-43-45-47-49-51-53-55-57-59-61-63-65-71(79)76-68(67-83-75-74(82)73(81)72(80)70(66-77)84-75)69(78)64-62-60-58-56-54-52-50-48-46-44-26-24-22-20-18-16-14-12-10-8-6-4-2/h5,7,11,13,17,19,23,25,28-29,31-32,54,56,62,64,68-70,72-75,77-78,80-82H,3-4,6,8-10,12,14-16,18,20-22,24,26-27,30,33-53,55,57-61,63,65-67H2,1-2H3,(H,76,79)/b7-5-,13-11-,19-17-,25-23-,29-28-,32-31-,56-54+,64-62+. The number of ether oxygens (including phenoxy) is 2. The van der Waals surface area contributed by atoms with Gasteiger partial charge in [-0.2, -0.15) is 0 Å². The molecule has 84 heavy (non-hydrogen) atoms. The molecule has 7 atom stereocenters. The molecule has 1 heterocycles. The van der Waals surface area contributed by atoms with Crippen LogP contribution in [0.4, 0.5) is 0 Å². The summed E-state index contributed by atoms with van der Waals surface area (Å²) in [5.41, 5.74) is 0. The Balaban J connectivity index is 2.10. The molecule has 9 nitrogen and oxygen atoms in total. The van der Waals surface area contributed by atoms with Crippen molar-refractivity contribution in [2.45, 2.75) is 358 Å². The average molecular weight is 1180 g/mol. The minimum atomic E-state index is -1.58. The molecule has 486 valence electrons. The van der Waals surface area contributed by atoms with Crippen LogP contribution in [0.5, 0.6) is 0 Å². The number of rotatable bonds is 61. The molecule has 0 radical (unpaired) electrons. The Hall–Kier alpha value is -2.89. The van der Waals surface area contributed by atoms with Crippen LogP contribution in [0, 0.1) is 0 Å². The maximum atomic E-state index is 13.1. The van der Waals surface area contributed by atoms with Crippen LogP contribution in [-0.2, 0) is 14.3 Å². The van der Waals surface area contributed by atoms with Crippen LogP contribution in [0.3, 0.4) is 0 Å². The first-order valence-electron chi connectivity index (χ1n) is 35.5. The van der Waals surface area contributed by atoms with Gasteiger partial charge in [-0.05, 0) is 83.5 Å². The number of hydrogen-bond acceptors (Lipinski definition) is 8. The van der Waals surface area contributed by atoms with E-state index in [2.05, 4.69) is 104 Å². The predicted octanol–water partition coefficient (Wildman–Crippen LogP) is 19.5. The van der Waals surface area contributed by atoms with Crippen molar-refractivity contribution in [2.75, 3.05) is 13.2 Å². The molecule has 0 aromatic heterocycles. The largest absolute Gasteiger partial charge is 0.394 e. The molecule has 1 amide bonds. The van der Waals surface area contributed by atoms with Crippen molar-refractivity contribution in [3.8, 4) is 0 Å². The van der Waals surface area contributed by atoms with E-state index in [9.17, 15) is 30.3 Å². The van der Waals surface area contributed by atoms with Crippen LogP contribution in [0.25, 0.3) is 0 Å². The van der Waals surface area contributed by atoms with E-state index in [0.717, 1.165) is 77.0 Å². The SMILES string of the molecule is CC/C=C\C/C=C\C/C=C\C/C=C\C/C=C\C/C=C\CCCCCCCCCCCCCCCCCCCCCCC(=O)NC(COC1OC(CO)C(O)C(O)C1O)C(O)/C=C/CC/C=C/CCCCCCCCCCCCCCCCCC. The first kappa shape index (κ1) is 79.1. The zero-order valence-corrected chi connectivity index (χ0v) is 54.4. The van der Waals surface area contributed by atoms with E-state index in [1.165, 1.54) is 218 Å². The fraction of sp³-hybridized carbons (Fsp3) is 0.773. The van der Waals surface area contributed by atoms with Gasteiger partial charge in [0.05, 0.1) is 25.4 Å². The van der Waals surface area contributed by atoms with Gasteiger partial charge in [-0.1, -0.05) is 323 Å². The lowest BCUT2D eigenvalue weighted by atomic mass is 9.99. The second-order valence-electron chi connectivity index (χ2n) is 24.3. The topological polar surface area (TPSA) is 149 Å². The zero-order valence-electron chi connectivity index (χ0n) is 54.4. The first-order valence-corrected chi connectivity index (χ1v) is 35.5. The Morgan fingerprint density at radius 2 is 0.750 bits per heavy atom. The van der Waals surface area contributed by atoms with Gasteiger partial charge in [0.1, 0.15) is 24.4 Å². The summed E-state index contributed by atoms with van der Waals surface area (Å²) in [7, 11) is 0. The predicted molar refractivity (Wildman–Crippen MR) is 359 cm³/mol. The quantitative estimate of drug-likeness (QED) is 0.0261. The smallest absolute Gasteiger partial charge is 0.220 e. The van der Waals surface area contributed by atoms with E-state index in [4.69, 9.17) is 9.47 Å². The van der Waals surface area contributed by atoms with Crippen molar-refractivity contribution in [3.63, 3.8) is 0 Å². The highest BCUT2D eigenvalue weighted by molar-refractivity contribution is 5.76. The molecule has 0 bridgehead atoms. The number of nitrogens with one attached hydrogen (secondary N) is 1. The highest BCUT2D eigenvalue weighted by Crippen LogP contribution is 2.23. The molecule has 1 fully saturated rings. The summed E-state index contributed by atoms with van der Waals surface area (Å²) >= 11 is 0. The summed E-state index contributed by atoms with van der Waals surface area (Å²) < 4.78 is 11.3. The van der Waals surface area contributed by atoms with Gasteiger partial charge in [0, 0.05) is 6.42 Å². The maximum Gasteiger partial charge on any atom is 0.220 e. The Morgan fingerprint density at radius 1 is 0.417 bits per heavy atom. The summed E-state index contributed by atoms with van der Waals surface area (Å²) in [6, 6.07) is -0.826. The normalized spacial score (nSPS) is 18.8. The minimum Gasteiger partial charge on any atom is -0.394 e. The van der Waals surface area contributed by atoms with Crippen molar-refractivity contribution < 1.29 is 39.8 Å². The van der Waals surface area contributed by atoms with Gasteiger partial charge in [0.2, 0.25) is 5.91 Å². The Morgan fingerprint density at radius 3 is 1.14 bits per heavy atom. The number of unbranched alkanes of at least 4 members (excludes halogenated alkanes) is 37. The molecular formula is C75H133NO8. The Kier molecular flexibility index (Phi) is 59.5. The highest BCUT2D eigenvalue weighted by atomic mass is 16.7. The lowest BCUT2D eigenvalue weighted by Gasteiger charge is -2.40. The molecular weight excluding hydrogens is 1040 g/mol. The molecule has 0 aliphatic carbocycles. The molecule has 1 aliphatic rings. The molecule has 0 saturated carbocycles. The lowest BCUT2D eigenvalue weighted by Crippen LogP contribution is -2.60. The molecule has 1 rings (SSSR count). The summed E-state index contributed by atoms with van der Waals surface area (Å²) in [6.07, 6.45) is 85.2. The number of carbonyl (C=O) groups is 1. The van der Waals surface area contributed by atoms with Crippen molar-refractivity contribution in [2.24, 2.45) is 0 Å². The van der Waals surface area contributed by atoms with E-state index < -0.39 is 49.5 Å². The summed E-state index contributed by atoms with van der Waals surface area (Å²) in [4.78, 5) is 13.1. The third kappa shape index (κ3) is 51.2. The highest BCUT2D eigenvalue weighted by Gasteiger charge is 2.44. The zero-order chi connectivity index (χ0) is 60.7. The molecule has 1 saturated heterocycles. The van der Waals surface area contributed by atoms with Crippen molar-refractivity contribution in [1.29, 1.82) is 0 Å². The number of allylic oxidation sites excluding steroid dienone is 15. The van der Waals surface area contributed by atoms with Crippen LogP contribution >= 0.6 is 0 Å². The van der Waals surface area contributed by atoms with Crippen molar-refractivity contribution in [3.05, 3.63) is 97.2 Å². The van der Waals surface area contributed by atoms with E-state index in [0.29, 0.717) is 6.42 Å². The minimum absolute atomic E-state index is 0.184. The Labute approximate surface area is 517 Å². The van der Waals surface area contributed by atoms with E-state index >= 15 is 0 Å². The van der Waals surface area contributed by atoms with Crippen LogP contribution in [0.1, 0.15) is 316 Å². The molecule has 9 heteroatoms. The lowest BCUT2D eigenvalue weighted by molar-refractivity contribution is -0.302. The first-order chi connectivity index (χ1) is 41.3. The summed E-state index contributed by atoms with van der Waals surface area (Å²) in [5, 5.41) is 54.7. The molecule has 0 aromatic carbocycles. The molecule has 0 spiro atoms. The number of hydrogen-bond donors (Lipinski definition) is 6. The number of carbonyl (C=O) groups excluding carboxylic acids is 1. The fourth-order valence-corrected chi connectivity index (χ4v) is 10.9. The van der Waals surface area contributed by atoms with E-state index in [1.807, 2.05) is 6.08 Å². The molecule has 6 N–H and O–H groups in total. The fourth-order valence-electron chi connectivity index (χ4n) is 10.9. The van der Waals surface area contributed by atoms with Gasteiger partial charge < -0.3 is 40.3 Å². The average Bonchev–Trinajstić information content (AvgIpc) is 3.70. The molecule has 1 aliphatic heterocycles. The monoisotopic (exact) mass is 1180 g/mol. The van der Waals surface area contributed by atoms with Crippen LogP contribution < -0.4 is 5.32 Å². The van der Waals surface area contributed by atoms with E-state index in [-0.39, 0.29) is 12.5 Å². The van der Waals surface area contributed by atoms with Crippen LogP contribution in [-0.4, -0.2) is 87.5 Å². The van der Waals surface area contributed by atoms with Crippen LogP contribution in [0.15, 0.2) is 97.2 Å². The third-order valence-corrected chi connectivity index (χ3v) is 16.4. The van der Waals surface area contributed by atoms with Gasteiger partial charge in [-0.3, -0.25) is 4.79 Å². The van der Waals surface area contributed by atoms with Crippen LogP contribution in [0.2, 0.25) is 0 Å². The van der Waals surface area contributed by atoms with Crippen molar-refractivity contribution >= 4 is 5.91 Å². The maximum absolute atomic E-state index is 13.1. The van der Waals surface area contributed by atoms with Gasteiger partial charge >= 0.3 is 0 Å².